The molecule has 0 unspecified atom stereocenters. The van der Waals surface area contributed by atoms with Crippen LogP contribution in [0, 0.1) is 0 Å². The van der Waals surface area contributed by atoms with Gasteiger partial charge in [0.15, 0.2) is 0 Å². The molecule has 0 saturated heterocycles. The summed E-state index contributed by atoms with van der Waals surface area (Å²) in [6.07, 6.45) is 3.15. The molecule has 0 amide bonds. The first kappa shape index (κ1) is 8.85. The molecule has 1 saturated carbocycles. The summed E-state index contributed by atoms with van der Waals surface area (Å²) in [6.45, 7) is 0. The fourth-order valence-corrected chi connectivity index (χ4v) is 1.56. The molecule has 1 aromatic carbocycles. The first-order valence-corrected chi connectivity index (χ1v) is 4.80. The van der Waals surface area contributed by atoms with Gasteiger partial charge in [-0.15, -0.1) is 0 Å². The van der Waals surface area contributed by atoms with Gasteiger partial charge in [0.25, 0.3) is 0 Å². The van der Waals surface area contributed by atoms with Gasteiger partial charge in [-0.05, 0) is 37.0 Å². The molecule has 3 heteroatoms. The predicted octanol–water partition coefficient (Wildman–Crippen LogP) is 1.96. The maximum Gasteiger partial charge on any atom is 0.0635 e. The van der Waals surface area contributed by atoms with Gasteiger partial charge in [0.1, 0.15) is 0 Å². The minimum absolute atomic E-state index is 0.0419. The zero-order valence-corrected chi connectivity index (χ0v) is 8.14. The van der Waals surface area contributed by atoms with Crippen LogP contribution in [0.2, 0.25) is 5.02 Å². The van der Waals surface area contributed by atoms with E-state index in [1.807, 2.05) is 18.2 Å². The Morgan fingerprint density at radius 1 is 1.38 bits per heavy atom. The highest BCUT2D eigenvalue weighted by Gasteiger charge is 2.37. The van der Waals surface area contributed by atoms with Crippen LogP contribution in [0.25, 0.3) is 0 Å². The molecule has 1 aromatic rings. The van der Waals surface area contributed by atoms with Gasteiger partial charge in [0.05, 0.1) is 10.7 Å². The Morgan fingerprint density at radius 2 is 2.08 bits per heavy atom. The number of anilines is 1. The van der Waals surface area contributed by atoms with Gasteiger partial charge < -0.3 is 11.5 Å². The number of nitrogens with two attached hydrogens (primary N) is 2. The van der Waals surface area contributed by atoms with Gasteiger partial charge in [-0.25, -0.2) is 0 Å². The zero-order chi connectivity index (χ0) is 9.47. The molecule has 1 aliphatic rings. The molecule has 1 fully saturated rings. The summed E-state index contributed by atoms with van der Waals surface area (Å²) in [5.41, 5.74) is 13.5. The van der Waals surface area contributed by atoms with E-state index in [2.05, 4.69) is 0 Å². The maximum absolute atomic E-state index is 5.99. The SMILES string of the molecule is Nc1cc(CC2(N)CC2)ccc1Cl. The standard InChI is InChI=1S/C10H13ClN2/c11-8-2-1-7(5-9(8)12)6-10(13)3-4-10/h1-2,5H,3-4,6,12-13H2. The third-order valence-corrected chi connectivity index (χ3v) is 2.85. The molecule has 70 valence electrons. The average molecular weight is 197 g/mol. The molecule has 0 aliphatic heterocycles. The third kappa shape index (κ3) is 1.95. The largest absolute Gasteiger partial charge is 0.398 e. The van der Waals surface area contributed by atoms with Crippen LogP contribution >= 0.6 is 11.6 Å². The van der Waals surface area contributed by atoms with Crippen molar-refractivity contribution in [2.45, 2.75) is 24.8 Å². The first-order valence-electron chi connectivity index (χ1n) is 4.42. The lowest BCUT2D eigenvalue weighted by molar-refractivity contribution is 0.672. The van der Waals surface area contributed by atoms with Crippen LogP contribution in [0.3, 0.4) is 0 Å². The second-order valence-corrected chi connectivity index (χ2v) is 4.30. The van der Waals surface area contributed by atoms with Crippen molar-refractivity contribution in [3.63, 3.8) is 0 Å². The van der Waals surface area contributed by atoms with Crippen molar-refractivity contribution in [1.29, 1.82) is 0 Å². The van der Waals surface area contributed by atoms with E-state index in [0.717, 1.165) is 19.3 Å². The second-order valence-electron chi connectivity index (χ2n) is 3.90. The Hall–Kier alpha value is -0.730. The molecule has 4 N–H and O–H groups in total. The van der Waals surface area contributed by atoms with Gasteiger partial charge in [0.2, 0.25) is 0 Å². The third-order valence-electron chi connectivity index (χ3n) is 2.51. The Morgan fingerprint density at radius 3 is 2.62 bits per heavy atom. The quantitative estimate of drug-likeness (QED) is 0.711. The van der Waals surface area contributed by atoms with E-state index in [1.165, 1.54) is 5.56 Å². The lowest BCUT2D eigenvalue weighted by Gasteiger charge is -2.09. The van der Waals surface area contributed by atoms with E-state index in [9.17, 15) is 0 Å². The van der Waals surface area contributed by atoms with E-state index in [4.69, 9.17) is 23.1 Å². The van der Waals surface area contributed by atoms with Crippen LogP contribution < -0.4 is 11.5 Å². The Labute approximate surface area is 82.9 Å². The summed E-state index contributed by atoms with van der Waals surface area (Å²) in [5, 5.41) is 0.616. The minimum Gasteiger partial charge on any atom is -0.398 e. The van der Waals surface area contributed by atoms with Crippen molar-refractivity contribution in [2.75, 3.05) is 5.73 Å². The molecule has 2 nitrogen and oxygen atoms in total. The highest BCUT2D eigenvalue weighted by molar-refractivity contribution is 6.33. The van der Waals surface area contributed by atoms with Gasteiger partial charge >= 0.3 is 0 Å². The van der Waals surface area contributed by atoms with Gasteiger partial charge in [-0.1, -0.05) is 17.7 Å². The number of nitrogen functional groups attached to an aromatic ring is 1. The molecule has 0 aromatic heterocycles. The summed E-state index contributed by atoms with van der Waals surface area (Å²) in [6, 6.07) is 5.73. The monoisotopic (exact) mass is 196 g/mol. The summed E-state index contributed by atoms with van der Waals surface area (Å²) in [4.78, 5) is 0. The Balaban J connectivity index is 2.17. The molecule has 0 atom stereocenters. The lowest BCUT2D eigenvalue weighted by atomic mass is 10.0. The number of rotatable bonds is 2. The molecule has 0 heterocycles. The maximum atomic E-state index is 5.99. The topological polar surface area (TPSA) is 52.0 Å². The molecular formula is C10H13ClN2. The summed E-state index contributed by atoms with van der Waals surface area (Å²) in [5.74, 6) is 0. The van der Waals surface area contributed by atoms with Crippen LogP contribution in [-0.4, -0.2) is 5.54 Å². The molecular weight excluding hydrogens is 184 g/mol. The Bertz CT molecular complexity index is 332. The summed E-state index contributed by atoms with van der Waals surface area (Å²) >= 11 is 5.81. The molecule has 2 rings (SSSR count). The zero-order valence-electron chi connectivity index (χ0n) is 7.39. The van der Waals surface area contributed by atoms with Crippen LogP contribution in [-0.2, 0) is 6.42 Å². The number of hydrogen-bond acceptors (Lipinski definition) is 2. The number of halogens is 1. The van der Waals surface area contributed by atoms with Crippen molar-refractivity contribution >= 4 is 17.3 Å². The molecule has 13 heavy (non-hydrogen) atoms. The normalized spacial score (nSPS) is 18.6. The van der Waals surface area contributed by atoms with E-state index in [0.29, 0.717) is 10.7 Å². The first-order chi connectivity index (χ1) is 6.09. The van der Waals surface area contributed by atoms with Crippen molar-refractivity contribution in [3.05, 3.63) is 28.8 Å². The fourth-order valence-electron chi connectivity index (χ4n) is 1.45. The second kappa shape index (κ2) is 2.89. The van der Waals surface area contributed by atoms with Crippen LogP contribution in [0.4, 0.5) is 5.69 Å². The molecule has 1 aliphatic carbocycles. The molecule has 0 bridgehead atoms. The fraction of sp³-hybridized carbons (Fsp3) is 0.400. The van der Waals surface area contributed by atoms with E-state index in [-0.39, 0.29) is 5.54 Å². The van der Waals surface area contributed by atoms with Gasteiger partial charge in [-0.3, -0.25) is 0 Å². The van der Waals surface area contributed by atoms with Crippen molar-refractivity contribution in [1.82, 2.24) is 0 Å². The highest BCUT2D eigenvalue weighted by Crippen LogP contribution is 2.36. The molecule has 0 spiro atoms. The predicted molar refractivity (Wildman–Crippen MR) is 55.7 cm³/mol. The average Bonchev–Trinajstić information content (AvgIpc) is 2.76. The van der Waals surface area contributed by atoms with E-state index in [1.54, 1.807) is 0 Å². The Kier molecular flexibility index (Phi) is 1.97. The number of benzene rings is 1. The van der Waals surface area contributed by atoms with E-state index >= 15 is 0 Å². The van der Waals surface area contributed by atoms with E-state index < -0.39 is 0 Å². The summed E-state index contributed by atoms with van der Waals surface area (Å²) < 4.78 is 0. The van der Waals surface area contributed by atoms with Crippen LogP contribution in [0.5, 0.6) is 0 Å². The van der Waals surface area contributed by atoms with Crippen molar-refractivity contribution in [2.24, 2.45) is 5.73 Å². The lowest BCUT2D eigenvalue weighted by Crippen LogP contribution is -2.24. The minimum atomic E-state index is 0.0419. The van der Waals surface area contributed by atoms with Crippen molar-refractivity contribution in [3.8, 4) is 0 Å². The van der Waals surface area contributed by atoms with Crippen LogP contribution in [0.15, 0.2) is 18.2 Å². The molecule has 0 radical (unpaired) electrons. The van der Waals surface area contributed by atoms with Gasteiger partial charge in [-0.2, -0.15) is 0 Å². The smallest absolute Gasteiger partial charge is 0.0635 e. The number of hydrogen-bond donors (Lipinski definition) is 2. The van der Waals surface area contributed by atoms with Crippen molar-refractivity contribution < 1.29 is 0 Å². The van der Waals surface area contributed by atoms with Gasteiger partial charge in [0, 0.05) is 5.54 Å². The summed E-state index contributed by atoms with van der Waals surface area (Å²) in [7, 11) is 0. The van der Waals surface area contributed by atoms with Crippen LogP contribution in [0.1, 0.15) is 18.4 Å². The highest BCUT2D eigenvalue weighted by atomic mass is 35.5.